The van der Waals surface area contributed by atoms with Crippen LogP contribution in [0.5, 0.6) is 11.5 Å². The summed E-state index contributed by atoms with van der Waals surface area (Å²) in [7, 11) is -2.43. The van der Waals surface area contributed by atoms with E-state index in [1.165, 1.54) is 19.2 Å². The van der Waals surface area contributed by atoms with E-state index in [0.29, 0.717) is 10.8 Å². The van der Waals surface area contributed by atoms with Crippen molar-refractivity contribution in [2.24, 2.45) is 0 Å². The standard InChI is InChI=1S/C16H16ClNO5S/c1-11-7-8-12(9-13(11)17)24(20,21)18-10-16(19)23-15-6-4-3-5-14(15)22-2/h3-9,18H,10H2,1-2H3. The number of sulfonamides is 1. The molecule has 2 rings (SSSR count). The third kappa shape index (κ3) is 4.47. The Bertz CT molecular complexity index is 851. The number of carbonyl (C=O) groups is 1. The summed E-state index contributed by atoms with van der Waals surface area (Å²) in [5.41, 5.74) is 0.756. The Labute approximate surface area is 145 Å². The topological polar surface area (TPSA) is 81.7 Å². The molecule has 0 heterocycles. The molecule has 24 heavy (non-hydrogen) atoms. The molecule has 0 aliphatic heterocycles. The molecule has 2 aromatic carbocycles. The molecule has 8 heteroatoms. The first kappa shape index (κ1) is 18.3. The summed E-state index contributed by atoms with van der Waals surface area (Å²) >= 11 is 5.93. The lowest BCUT2D eigenvalue weighted by Crippen LogP contribution is -2.32. The fourth-order valence-electron chi connectivity index (χ4n) is 1.84. The van der Waals surface area contributed by atoms with Crippen LogP contribution in [0.25, 0.3) is 0 Å². The highest BCUT2D eigenvalue weighted by Crippen LogP contribution is 2.25. The first-order chi connectivity index (χ1) is 11.3. The molecule has 0 radical (unpaired) electrons. The van der Waals surface area contributed by atoms with Crippen molar-refractivity contribution in [1.29, 1.82) is 0 Å². The molecule has 0 saturated carbocycles. The van der Waals surface area contributed by atoms with Gasteiger partial charge in [-0.15, -0.1) is 0 Å². The molecule has 0 atom stereocenters. The van der Waals surface area contributed by atoms with Gasteiger partial charge in [0.25, 0.3) is 0 Å². The Morgan fingerprint density at radius 3 is 2.46 bits per heavy atom. The van der Waals surface area contributed by atoms with Crippen molar-refractivity contribution in [3.63, 3.8) is 0 Å². The number of ether oxygens (including phenoxy) is 2. The molecule has 0 saturated heterocycles. The van der Waals surface area contributed by atoms with E-state index in [2.05, 4.69) is 4.72 Å². The summed E-state index contributed by atoms with van der Waals surface area (Å²) in [6.07, 6.45) is 0. The Morgan fingerprint density at radius 1 is 1.17 bits per heavy atom. The zero-order valence-electron chi connectivity index (χ0n) is 13.1. The number of benzene rings is 2. The smallest absolute Gasteiger partial charge is 0.326 e. The van der Waals surface area contributed by atoms with E-state index in [9.17, 15) is 13.2 Å². The van der Waals surface area contributed by atoms with Gasteiger partial charge in [0.05, 0.1) is 12.0 Å². The second kappa shape index (κ2) is 7.65. The molecule has 0 spiro atoms. The largest absolute Gasteiger partial charge is 0.493 e. The summed E-state index contributed by atoms with van der Waals surface area (Å²) in [5, 5.41) is 0.328. The molecule has 0 amide bonds. The Kier molecular flexibility index (Phi) is 5.82. The fraction of sp³-hybridized carbons (Fsp3) is 0.188. The van der Waals surface area contributed by atoms with Crippen LogP contribution in [-0.2, 0) is 14.8 Å². The van der Waals surface area contributed by atoms with E-state index in [-0.39, 0.29) is 10.6 Å². The van der Waals surface area contributed by atoms with Crippen molar-refractivity contribution >= 4 is 27.6 Å². The lowest BCUT2D eigenvalue weighted by molar-refractivity contribution is -0.133. The quantitative estimate of drug-likeness (QED) is 0.625. The van der Waals surface area contributed by atoms with Crippen LogP contribution in [0.15, 0.2) is 47.4 Å². The number of para-hydroxylation sites is 2. The van der Waals surface area contributed by atoms with Crippen LogP contribution in [0.1, 0.15) is 5.56 Å². The third-order valence-corrected chi connectivity index (χ3v) is 4.96. The molecule has 0 unspecified atom stereocenters. The van der Waals surface area contributed by atoms with Crippen molar-refractivity contribution in [1.82, 2.24) is 4.72 Å². The maximum Gasteiger partial charge on any atom is 0.326 e. The second-order valence-corrected chi connectivity index (χ2v) is 7.03. The lowest BCUT2D eigenvalue weighted by atomic mass is 10.2. The minimum Gasteiger partial charge on any atom is -0.493 e. The Hall–Kier alpha value is -2.09. The number of methoxy groups -OCH3 is 1. The van der Waals surface area contributed by atoms with E-state index in [4.69, 9.17) is 21.1 Å². The summed E-state index contributed by atoms with van der Waals surface area (Å²) < 4.78 is 36.7. The molecular formula is C16H16ClNO5S. The Balaban J connectivity index is 2.03. The van der Waals surface area contributed by atoms with Gasteiger partial charge in [0.2, 0.25) is 10.0 Å². The third-order valence-electron chi connectivity index (χ3n) is 3.15. The number of hydrogen-bond donors (Lipinski definition) is 1. The molecule has 0 fully saturated rings. The van der Waals surface area contributed by atoms with Gasteiger partial charge in [-0.05, 0) is 36.8 Å². The number of esters is 1. The number of aryl methyl sites for hydroxylation is 1. The first-order valence-corrected chi connectivity index (χ1v) is 8.79. The van der Waals surface area contributed by atoms with E-state index in [1.807, 2.05) is 0 Å². The lowest BCUT2D eigenvalue weighted by Gasteiger charge is -2.10. The predicted octanol–water partition coefficient (Wildman–Crippen LogP) is 2.54. The van der Waals surface area contributed by atoms with Crippen molar-refractivity contribution in [3.8, 4) is 11.5 Å². The van der Waals surface area contributed by atoms with Crippen LogP contribution >= 0.6 is 11.6 Å². The monoisotopic (exact) mass is 369 g/mol. The highest BCUT2D eigenvalue weighted by atomic mass is 35.5. The molecule has 2 aromatic rings. The summed E-state index contributed by atoms with van der Waals surface area (Å²) in [4.78, 5) is 11.8. The van der Waals surface area contributed by atoms with E-state index in [1.54, 1.807) is 37.3 Å². The minimum atomic E-state index is -3.87. The number of carbonyl (C=O) groups excluding carboxylic acids is 1. The maximum absolute atomic E-state index is 12.2. The molecule has 0 aliphatic rings. The predicted molar refractivity (Wildman–Crippen MR) is 90.0 cm³/mol. The summed E-state index contributed by atoms with van der Waals surface area (Å²) in [6, 6.07) is 10.9. The van der Waals surface area contributed by atoms with Crippen LogP contribution < -0.4 is 14.2 Å². The van der Waals surface area contributed by atoms with E-state index in [0.717, 1.165) is 5.56 Å². The van der Waals surface area contributed by atoms with Crippen LogP contribution in [0, 0.1) is 6.92 Å². The van der Waals surface area contributed by atoms with Gasteiger partial charge in [-0.3, -0.25) is 4.79 Å². The van der Waals surface area contributed by atoms with Gasteiger partial charge in [0.15, 0.2) is 11.5 Å². The van der Waals surface area contributed by atoms with Crippen LogP contribution in [0.2, 0.25) is 5.02 Å². The Morgan fingerprint density at radius 2 is 1.83 bits per heavy atom. The van der Waals surface area contributed by atoms with Gasteiger partial charge in [0, 0.05) is 5.02 Å². The van der Waals surface area contributed by atoms with Crippen molar-refractivity contribution in [2.75, 3.05) is 13.7 Å². The van der Waals surface area contributed by atoms with Gasteiger partial charge in [-0.2, -0.15) is 4.72 Å². The first-order valence-electron chi connectivity index (χ1n) is 6.93. The molecule has 0 bridgehead atoms. The number of nitrogens with one attached hydrogen (secondary N) is 1. The fourth-order valence-corrected chi connectivity index (χ4v) is 3.08. The van der Waals surface area contributed by atoms with Crippen LogP contribution in [0.4, 0.5) is 0 Å². The van der Waals surface area contributed by atoms with Gasteiger partial charge >= 0.3 is 5.97 Å². The van der Waals surface area contributed by atoms with Gasteiger partial charge < -0.3 is 9.47 Å². The molecule has 0 aliphatic carbocycles. The van der Waals surface area contributed by atoms with Crippen molar-refractivity contribution in [2.45, 2.75) is 11.8 Å². The zero-order valence-corrected chi connectivity index (χ0v) is 14.6. The average Bonchev–Trinajstić information content (AvgIpc) is 2.56. The van der Waals surface area contributed by atoms with Gasteiger partial charge in [0.1, 0.15) is 6.54 Å². The van der Waals surface area contributed by atoms with Crippen LogP contribution in [-0.4, -0.2) is 28.0 Å². The van der Waals surface area contributed by atoms with Gasteiger partial charge in [-0.1, -0.05) is 29.8 Å². The van der Waals surface area contributed by atoms with E-state index < -0.39 is 22.5 Å². The molecule has 1 N–H and O–H groups in total. The number of hydrogen-bond acceptors (Lipinski definition) is 5. The van der Waals surface area contributed by atoms with Crippen molar-refractivity contribution < 1.29 is 22.7 Å². The normalized spacial score (nSPS) is 11.1. The summed E-state index contributed by atoms with van der Waals surface area (Å²) in [5.74, 6) is -0.178. The van der Waals surface area contributed by atoms with Gasteiger partial charge in [-0.25, -0.2) is 8.42 Å². The van der Waals surface area contributed by atoms with Crippen molar-refractivity contribution in [3.05, 3.63) is 53.1 Å². The average molecular weight is 370 g/mol. The summed E-state index contributed by atoms with van der Waals surface area (Å²) in [6.45, 7) is 1.24. The zero-order chi connectivity index (χ0) is 17.7. The highest BCUT2D eigenvalue weighted by Gasteiger charge is 2.18. The highest BCUT2D eigenvalue weighted by molar-refractivity contribution is 7.89. The SMILES string of the molecule is COc1ccccc1OC(=O)CNS(=O)(=O)c1ccc(C)c(Cl)c1. The van der Waals surface area contributed by atoms with Crippen LogP contribution in [0.3, 0.4) is 0 Å². The molecule has 6 nitrogen and oxygen atoms in total. The molecule has 128 valence electrons. The number of halogens is 1. The van der Waals surface area contributed by atoms with E-state index >= 15 is 0 Å². The minimum absolute atomic E-state index is 0.0248. The second-order valence-electron chi connectivity index (χ2n) is 4.86. The maximum atomic E-state index is 12.2. The molecular weight excluding hydrogens is 354 g/mol. The molecule has 0 aromatic heterocycles. The number of rotatable bonds is 6.